The first-order valence-electron chi connectivity index (χ1n) is 5.89. The summed E-state index contributed by atoms with van der Waals surface area (Å²) in [6.45, 7) is 5.61. The highest BCUT2D eigenvalue weighted by atomic mass is 35.5. The second-order valence-corrected chi connectivity index (χ2v) is 4.77. The van der Waals surface area contributed by atoms with E-state index in [-0.39, 0.29) is 18.2 Å². The molecule has 3 nitrogen and oxygen atoms in total. The third-order valence-corrected chi connectivity index (χ3v) is 2.78. The SMILES string of the molecule is CCOC(=O)Cc1ccc(C)c(C(=O)C(C)Cl)c1. The highest BCUT2D eigenvalue weighted by Crippen LogP contribution is 2.16. The van der Waals surface area contributed by atoms with Crippen LogP contribution >= 0.6 is 11.6 Å². The predicted octanol–water partition coefficient (Wildman–Crippen LogP) is 2.91. The van der Waals surface area contributed by atoms with Gasteiger partial charge in [0.2, 0.25) is 0 Å². The average Bonchev–Trinajstić information content (AvgIpc) is 2.31. The molecule has 0 fully saturated rings. The van der Waals surface area contributed by atoms with E-state index in [1.165, 1.54) is 0 Å². The first kappa shape index (κ1) is 14.7. The van der Waals surface area contributed by atoms with E-state index in [0.717, 1.165) is 11.1 Å². The summed E-state index contributed by atoms with van der Waals surface area (Å²) < 4.78 is 4.87. The minimum atomic E-state index is -0.568. The van der Waals surface area contributed by atoms with Crippen molar-refractivity contribution in [2.24, 2.45) is 0 Å². The van der Waals surface area contributed by atoms with Crippen LogP contribution in [0, 0.1) is 6.92 Å². The summed E-state index contributed by atoms with van der Waals surface area (Å²) in [4.78, 5) is 23.3. The Balaban J connectivity index is 2.94. The van der Waals surface area contributed by atoms with Gasteiger partial charge in [0.15, 0.2) is 5.78 Å². The lowest BCUT2D eigenvalue weighted by atomic mass is 9.99. The van der Waals surface area contributed by atoms with Crippen LogP contribution in [0.25, 0.3) is 0 Å². The Morgan fingerprint density at radius 2 is 2.06 bits per heavy atom. The Kier molecular flexibility index (Phi) is 5.35. The standard InChI is InChI=1S/C14H17ClO3/c1-4-18-13(16)8-11-6-5-9(2)12(7-11)14(17)10(3)15/h5-7,10H,4,8H2,1-3H3. The molecule has 0 aromatic heterocycles. The minimum absolute atomic E-state index is 0.125. The van der Waals surface area contributed by atoms with Crippen molar-refractivity contribution < 1.29 is 14.3 Å². The highest BCUT2D eigenvalue weighted by Gasteiger charge is 2.16. The van der Waals surface area contributed by atoms with Gasteiger partial charge in [-0.25, -0.2) is 0 Å². The summed E-state index contributed by atoms with van der Waals surface area (Å²) in [6.07, 6.45) is 0.172. The molecule has 0 heterocycles. The molecule has 18 heavy (non-hydrogen) atoms. The van der Waals surface area contributed by atoms with E-state index in [1.807, 2.05) is 19.1 Å². The molecular weight excluding hydrogens is 252 g/mol. The number of carbonyl (C=O) groups excluding carboxylic acids is 2. The van der Waals surface area contributed by atoms with Gasteiger partial charge in [0.05, 0.1) is 18.4 Å². The molecule has 0 aliphatic heterocycles. The molecule has 0 N–H and O–H groups in total. The zero-order chi connectivity index (χ0) is 13.7. The van der Waals surface area contributed by atoms with Crippen LogP contribution < -0.4 is 0 Å². The van der Waals surface area contributed by atoms with Crippen molar-refractivity contribution in [1.82, 2.24) is 0 Å². The number of esters is 1. The Morgan fingerprint density at radius 3 is 2.61 bits per heavy atom. The van der Waals surface area contributed by atoms with Crippen LogP contribution in [-0.2, 0) is 16.0 Å². The molecule has 0 aliphatic rings. The molecule has 0 saturated heterocycles. The molecule has 0 bridgehead atoms. The van der Waals surface area contributed by atoms with Crippen LogP contribution in [0.5, 0.6) is 0 Å². The van der Waals surface area contributed by atoms with Crippen LogP contribution in [0.15, 0.2) is 18.2 Å². The van der Waals surface area contributed by atoms with E-state index in [1.54, 1.807) is 19.9 Å². The number of ketones is 1. The molecule has 0 amide bonds. The smallest absolute Gasteiger partial charge is 0.310 e. The van der Waals surface area contributed by atoms with Crippen molar-refractivity contribution in [3.8, 4) is 0 Å². The number of rotatable bonds is 5. The van der Waals surface area contributed by atoms with Gasteiger partial charge in [0, 0.05) is 5.56 Å². The van der Waals surface area contributed by atoms with Gasteiger partial charge in [0.25, 0.3) is 0 Å². The van der Waals surface area contributed by atoms with E-state index >= 15 is 0 Å². The van der Waals surface area contributed by atoms with E-state index in [9.17, 15) is 9.59 Å². The molecule has 1 aromatic carbocycles. The van der Waals surface area contributed by atoms with E-state index in [2.05, 4.69) is 0 Å². The number of benzene rings is 1. The topological polar surface area (TPSA) is 43.4 Å². The number of carbonyl (C=O) groups is 2. The maximum Gasteiger partial charge on any atom is 0.310 e. The number of halogens is 1. The third-order valence-electron chi connectivity index (χ3n) is 2.58. The van der Waals surface area contributed by atoms with Gasteiger partial charge in [-0.15, -0.1) is 11.6 Å². The molecule has 0 radical (unpaired) electrons. The largest absolute Gasteiger partial charge is 0.466 e. The summed E-state index contributed by atoms with van der Waals surface area (Å²) in [5, 5.41) is -0.568. The maximum atomic E-state index is 11.9. The fraction of sp³-hybridized carbons (Fsp3) is 0.429. The van der Waals surface area contributed by atoms with Crippen LogP contribution in [-0.4, -0.2) is 23.7 Å². The van der Waals surface area contributed by atoms with Crippen LogP contribution in [0.2, 0.25) is 0 Å². The Bertz CT molecular complexity index is 452. The van der Waals surface area contributed by atoms with Crippen molar-refractivity contribution in [1.29, 1.82) is 0 Å². The molecular formula is C14H17ClO3. The van der Waals surface area contributed by atoms with Crippen molar-refractivity contribution in [3.05, 3.63) is 34.9 Å². The quantitative estimate of drug-likeness (QED) is 0.468. The fourth-order valence-electron chi connectivity index (χ4n) is 1.64. The van der Waals surface area contributed by atoms with E-state index < -0.39 is 5.38 Å². The summed E-state index contributed by atoms with van der Waals surface area (Å²) in [5.74, 6) is -0.418. The van der Waals surface area contributed by atoms with Crippen molar-refractivity contribution in [2.45, 2.75) is 32.6 Å². The molecule has 1 rings (SSSR count). The monoisotopic (exact) mass is 268 g/mol. The van der Waals surface area contributed by atoms with E-state index in [0.29, 0.717) is 12.2 Å². The minimum Gasteiger partial charge on any atom is -0.466 e. The Hall–Kier alpha value is -1.35. The van der Waals surface area contributed by atoms with Gasteiger partial charge in [-0.05, 0) is 38.0 Å². The molecule has 1 unspecified atom stereocenters. The number of hydrogen-bond donors (Lipinski definition) is 0. The molecule has 0 spiro atoms. The second-order valence-electron chi connectivity index (χ2n) is 4.11. The van der Waals surface area contributed by atoms with Crippen molar-refractivity contribution in [2.75, 3.05) is 6.61 Å². The van der Waals surface area contributed by atoms with E-state index in [4.69, 9.17) is 16.3 Å². The molecule has 1 atom stereocenters. The van der Waals surface area contributed by atoms with Crippen LogP contribution in [0.1, 0.15) is 35.3 Å². The number of hydrogen-bond acceptors (Lipinski definition) is 3. The number of ether oxygens (including phenoxy) is 1. The lowest BCUT2D eigenvalue weighted by Crippen LogP contribution is -2.13. The van der Waals surface area contributed by atoms with Crippen LogP contribution in [0.4, 0.5) is 0 Å². The van der Waals surface area contributed by atoms with Crippen molar-refractivity contribution >= 4 is 23.4 Å². The maximum absolute atomic E-state index is 11.9. The zero-order valence-corrected chi connectivity index (χ0v) is 11.6. The van der Waals surface area contributed by atoms with Crippen molar-refractivity contribution in [3.63, 3.8) is 0 Å². The van der Waals surface area contributed by atoms with Gasteiger partial charge in [0.1, 0.15) is 0 Å². The lowest BCUT2D eigenvalue weighted by Gasteiger charge is -2.09. The zero-order valence-electron chi connectivity index (χ0n) is 10.8. The number of Topliss-reactive ketones (excluding diaryl/α,β-unsaturated/α-hetero) is 1. The van der Waals surface area contributed by atoms with Gasteiger partial charge < -0.3 is 4.74 Å². The summed E-state index contributed by atoms with van der Waals surface area (Å²) in [6, 6.07) is 5.36. The van der Waals surface area contributed by atoms with Gasteiger partial charge in [-0.3, -0.25) is 9.59 Å². The van der Waals surface area contributed by atoms with Gasteiger partial charge >= 0.3 is 5.97 Å². The summed E-state index contributed by atoms with van der Waals surface area (Å²) in [5.41, 5.74) is 2.19. The molecule has 4 heteroatoms. The van der Waals surface area contributed by atoms with Crippen LogP contribution in [0.3, 0.4) is 0 Å². The highest BCUT2D eigenvalue weighted by molar-refractivity contribution is 6.33. The fourth-order valence-corrected chi connectivity index (χ4v) is 1.76. The second kappa shape index (κ2) is 6.55. The first-order chi connectivity index (χ1) is 8.45. The number of aryl methyl sites for hydroxylation is 1. The summed E-state index contributed by atoms with van der Waals surface area (Å²) in [7, 11) is 0. The Morgan fingerprint density at radius 1 is 1.39 bits per heavy atom. The first-order valence-corrected chi connectivity index (χ1v) is 6.32. The number of alkyl halides is 1. The Labute approximate surface area is 112 Å². The normalized spacial score (nSPS) is 12.0. The molecule has 0 saturated carbocycles. The predicted molar refractivity (Wildman–Crippen MR) is 71.2 cm³/mol. The lowest BCUT2D eigenvalue weighted by molar-refractivity contribution is -0.142. The van der Waals surface area contributed by atoms with Gasteiger partial charge in [-0.2, -0.15) is 0 Å². The summed E-state index contributed by atoms with van der Waals surface area (Å²) >= 11 is 5.80. The third kappa shape index (κ3) is 3.84. The average molecular weight is 269 g/mol. The molecule has 98 valence electrons. The van der Waals surface area contributed by atoms with Gasteiger partial charge in [-0.1, -0.05) is 12.1 Å². The molecule has 1 aromatic rings. The molecule has 0 aliphatic carbocycles.